The highest BCUT2D eigenvalue weighted by Gasteiger charge is 2.83. The fourth-order valence-electron chi connectivity index (χ4n) is 5.05. The number of phenols is 2. The van der Waals surface area contributed by atoms with E-state index in [-0.39, 0.29) is 24.7 Å². The number of rotatable bonds is 5. The first kappa shape index (κ1) is 21.2. The number of likely N-dealkylation sites (N-methyl/N-ethyl adjacent to an activating group) is 1. The number of fused-ring (bicyclic) bond motifs is 1. The van der Waals surface area contributed by atoms with Crippen molar-refractivity contribution in [2.75, 3.05) is 34.5 Å². The van der Waals surface area contributed by atoms with Gasteiger partial charge in [0.2, 0.25) is 0 Å². The Labute approximate surface area is 181 Å². The monoisotopic (exact) mass is 427 g/mol. The van der Waals surface area contributed by atoms with Crippen molar-refractivity contribution in [1.82, 2.24) is 5.32 Å². The average molecular weight is 427 g/mol. The molecule has 3 N–H and O–H groups in total. The van der Waals surface area contributed by atoms with Crippen LogP contribution in [0.3, 0.4) is 0 Å². The summed E-state index contributed by atoms with van der Waals surface area (Å²) in [6, 6.07) is 10.2. The van der Waals surface area contributed by atoms with Crippen molar-refractivity contribution in [3.63, 3.8) is 0 Å². The molecule has 2 aromatic carbocycles. The van der Waals surface area contributed by atoms with E-state index in [4.69, 9.17) is 25.5 Å². The summed E-state index contributed by atoms with van der Waals surface area (Å²) in [5, 5.41) is 23.4. The Balaban J connectivity index is 1.85. The summed E-state index contributed by atoms with van der Waals surface area (Å²) in [4.78, 5) is 4.37. The number of hydrogen-bond donors (Lipinski definition) is 3. The van der Waals surface area contributed by atoms with E-state index in [0.29, 0.717) is 11.5 Å². The van der Waals surface area contributed by atoms with Crippen LogP contribution in [0.1, 0.15) is 24.2 Å². The Morgan fingerprint density at radius 2 is 1.71 bits per heavy atom. The number of nitrogens with one attached hydrogen (secondary N) is 1. The van der Waals surface area contributed by atoms with Crippen LogP contribution in [-0.2, 0) is 15.1 Å². The highest BCUT2D eigenvalue weighted by atomic mass is 16.5. The molecule has 2 heterocycles. The molecule has 4 unspecified atom stereocenters. The van der Waals surface area contributed by atoms with Gasteiger partial charge in [0.25, 0.3) is 6.57 Å². The summed E-state index contributed by atoms with van der Waals surface area (Å²) in [6.45, 7) is 8.45. The predicted molar refractivity (Wildman–Crippen MR) is 114 cm³/mol. The van der Waals surface area contributed by atoms with Gasteiger partial charge >= 0.3 is 5.54 Å². The van der Waals surface area contributed by atoms with Gasteiger partial charge in [0, 0.05) is 0 Å². The molecule has 4 atom stereocenters. The molecule has 0 amide bonds. The molecule has 0 saturated carbocycles. The van der Waals surface area contributed by atoms with E-state index in [2.05, 4.69) is 10.2 Å². The van der Waals surface area contributed by atoms with Gasteiger partial charge in [-0.05, 0) is 49.4 Å². The van der Waals surface area contributed by atoms with Crippen LogP contribution in [0.15, 0.2) is 36.4 Å². The molecule has 0 radical (unpaired) electrons. The van der Waals surface area contributed by atoms with Gasteiger partial charge in [-0.2, -0.15) is 0 Å². The molecule has 4 rings (SSSR count). The van der Waals surface area contributed by atoms with Gasteiger partial charge in [-0.3, -0.25) is 0 Å². The fraction of sp³-hybridized carbons (Fsp3) is 0.435. The van der Waals surface area contributed by atoms with Crippen molar-refractivity contribution < 1.29 is 29.2 Å². The zero-order chi connectivity index (χ0) is 22.4. The number of methoxy groups -OCH3 is 2. The first-order valence-electron chi connectivity index (χ1n) is 9.93. The number of nitrogens with zero attached hydrogens (tertiary/aromatic N) is 1. The second-order valence-corrected chi connectivity index (χ2v) is 8.04. The van der Waals surface area contributed by atoms with Gasteiger partial charge in [0.1, 0.15) is 12.7 Å². The van der Waals surface area contributed by atoms with E-state index in [1.54, 1.807) is 36.4 Å². The maximum atomic E-state index is 10.0. The van der Waals surface area contributed by atoms with Crippen LogP contribution >= 0.6 is 0 Å². The maximum absolute atomic E-state index is 10.0. The largest absolute Gasteiger partial charge is 0.504 e. The summed E-state index contributed by atoms with van der Waals surface area (Å²) < 4.78 is 23.3. The molecule has 164 valence electrons. The average Bonchev–Trinajstić information content (AvgIpc) is 3.26. The van der Waals surface area contributed by atoms with Crippen molar-refractivity contribution in [2.24, 2.45) is 0 Å². The number of benzene rings is 2. The SMILES string of the molecule is C#[N+]C12COC(c3ccc(O)c(OC)c3)C1(NC)COC2(C)c1ccc(O)c(OC)c1. The van der Waals surface area contributed by atoms with Crippen LogP contribution in [0.25, 0.3) is 4.85 Å². The second kappa shape index (κ2) is 7.31. The number of aromatic hydroxyl groups is 2. The molecule has 8 nitrogen and oxygen atoms in total. The van der Waals surface area contributed by atoms with E-state index in [0.717, 1.165) is 11.1 Å². The van der Waals surface area contributed by atoms with Crippen LogP contribution in [-0.4, -0.2) is 55.8 Å². The van der Waals surface area contributed by atoms with Crippen LogP contribution in [0.5, 0.6) is 23.0 Å². The topological polar surface area (TPSA) is 93.8 Å². The minimum atomic E-state index is -0.994. The molecule has 2 saturated heterocycles. The third-order valence-electron chi connectivity index (χ3n) is 6.93. The summed E-state index contributed by atoms with van der Waals surface area (Å²) in [5.74, 6) is 0.749. The van der Waals surface area contributed by atoms with Crippen molar-refractivity contribution in [1.29, 1.82) is 0 Å². The quantitative estimate of drug-likeness (QED) is 0.676. The summed E-state index contributed by atoms with van der Waals surface area (Å²) in [7, 11) is 4.81. The first-order valence-corrected chi connectivity index (χ1v) is 9.93. The maximum Gasteiger partial charge on any atom is 0.358 e. The Bertz CT molecular complexity index is 1050. The van der Waals surface area contributed by atoms with E-state index < -0.39 is 22.8 Å². The first-order chi connectivity index (χ1) is 14.8. The Morgan fingerprint density at radius 3 is 2.32 bits per heavy atom. The molecule has 0 bridgehead atoms. The standard InChI is InChI=1S/C23H26N2O6/c1-21(15-7-9-17(27)19(11-15)29-5)23(25-3)13-30-20(22(23,24-2)12-31-21)14-6-8-16(26)18(10-14)28-4/h3,6-11,20,24H,12-13H2,1-2,4-5H3,(H-,26,27)/p+1. The van der Waals surface area contributed by atoms with Gasteiger partial charge in [0.05, 0.1) is 20.8 Å². The van der Waals surface area contributed by atoms with Gasteiger partial charge < -0.3 is 34.5 Å². The third kappa shape index (κ3) is 2.64. The van der Waals surface area contributed by atoms with Crippen molar-refractivity contribution in [3.05, 3.63) is 52.4 Å². The lowest BCUT2D eigenvalue weighted by Gasteiger charge is -2.35. The van der Waals surface area contributed by atoms with Gasteiger partial charge in [-0.25, -0.2) is 0 Å². The van der Waals surface area contributed by atoms with E-state index >= 15 is 0 Å². The lowest BCUT2D eigenvalue weighted by atomic mass is 9.66. The number of ether oxygens (including phenoxy) is 4. The zero-order valence-corrected chi connectivity index (χ0v) is 18.0. The zero-order valence-electron chi connectivity index (χ0n) is 18.0. The highest BCUT2D eigenvalue weighted by molar-refractivity contribution is 5.50. The van der Waals surface area contributed by atoms with E-state index in [1.807, 2.05) is 14.0 Å². The molecule has 2 aliphatic heterocycles. The predicted octanol–water partition coefficient (Wildman–Crippen LogP) is 2.79. The molecule has 2 aliphatic rings. The highest BCUT2D eigenvalue weighted by Crippen LogP contribution is 2.61. The normalized spacial score (nSPS) is 31.8. The molecule has 0 aliphatic carbocycles. The Kier molecular flexibility index (Phi) is 5.01. The van der Waals surface area contributed by atoms with Gasteiger partial charge in [0.15, 0.2) is 34.1 Å². The smallest absolute Gasteiger partial charge is 0.358 e. The molecule has 0 aromatic heterocycles. The van der Waals surface area contributed by atoms with Crippen LogP contribution < -0.4 is 14.8 Å². The Morgan fingerprint density at radius 1 is 1.06 bits per heavy atom. The molecule has 31 heavy (non-hydrogen) atoms. The minimum absolute atomic E-state index is 0.0307. The van der Waals surface area contributed by atoms with Crippen LogP contribution in [0.4, 0.5) is 0 Å². The third-order valence-corrected chi connectivity index (χ3v) is 6.93. The lowest BCUT2D eigenvalue weighted by Crippen LogP contribution is -2.64. The summed E-state index contributed by atoms with van der Waals surface area (Å²) in [5.41, 5.74) is -1.22. The Hall–Kier alpha value is -2.99. The fourth-order valence-corrected chi connectivity index (χ4v) is 5.05. The van der Waals surface area contributed by atoms with Crippen LogP contribution in [0, 0.1) is 6.57 Å². The van der Waals surface area contributed by atoms with Gasteiger partial charge in [-0.1, -0.05) is 17.0 Å². The molecule has 8 heteroatoms. The van der Waals surface area contributed by atoms with Crippen molar-refractivity contribution >= 4 is 0 Å². The summed E-state index contributed by atoms with van der Waals surface area (Å²) in [6.07, 6.45) is -0.472. The molecular weight excluding hydrogens is 400 g/mol. The van der Waals surface area contributed by atoms with Gasteiger partial charge in [-0.15, -0.1) is 0 Å². The lowest BCUT2D eigenvalue weighted by molar-refractivity contribution is -0.0440. The molecule has 2 fully saturated rings. The van der Waals surface area contributed by atoms with Crippen molar-refractivity contribution in [2.45, 2.75) is 29.7 Å². The molecule has 2 aromatic rings. The number of phenolic OH excluding ortho intramolecular Hbond substituents is 2. The molecule has 0 spiro atoms. The van der Waals surface area contributed by atoms with Crippen LogP contribution in [0.2, 0.25) is 0 Å². The number of hydrogen-bond acceptors (Lipinski definition) is 7. The summed E-state index contributed by atoms with van der Waals surface area (Å²) >= 11 is 0. The van der Waals surface area contributed by atoms with Crippen molar-refractivity contribution in [3.8, 4) is 29.6 Å². The molecular formula is C23H27N2O6+. The van der Waals surface area contributed by atoms with E-state index in [9.17, 15) is 10.2 Å². The van der Waals surface area contributed by atoms with E-state index in [1.165, 1.54) is 14.2 Å². The second-order valence-electron chi connectivity index (χ2n) is 8.04. The minimum Gasteiger partial charge on any atom is -0.504 e.